The van der Waals surface area contributed by atoms with Crippen LogP contribution in [0.1, 0.15) is 41.4 Å². The molecule has 3 heterocycles. The lowest BCUT2D eigenvalue weighted by Crippen LogP contribution is -2.66. The zero-order chi connectivity index (χ0) is 26.5. The number of piperazine rings is 1. The lowest BCUT2D eigenvalue weighted by molar-refractivity contribution is 0.0194. The number of amides is 2. The van der Waals surface area contributed by atoms with Gasteiger partial charge in [-0.25, -0.2) is 0 Å². The molecule has 2 amide bonds. The highest BCUT2D eigenvalue weighted by molar-refractivity contribution is 6.09. The number of benzene rings is 2. The first-order valence-electron chi connectivity index (χ1n) is 12.1. The van der Waals surface area contributed by atoms with Gasteiger partial charge >= 0.3 is 0 Å². The number of ketones is 2. The molecule has 1 aliphatic heterocycles. The number of aromatic nitrogens is 2. The molecule has 1 aliphatic rings. The summed E-state index contributed by atoms with van der Waals surface area (Å²) in [6.07, 6.45) is 5.99. The van der Waals surface area contributed by atoms with E-state index in [1.54, 1.807) is 84.9 Å². The summed E-state index contributed by atoms with van der Waals surface area (Å²) >= 11 is 0. The standard InChI is InChI=1S/C30H24N4O4/c35-27(21-7-3-1-4-8-21)25-19-33(29(37)23-11-15-31-16-12-23)20-26(28(36)22-9-5-2-6-10-22)34(25)30(38)24-13-17-32-18-14-24/h1-18,25-26H,19-20H2. The topological polar surface area (TPSA) is 101 Å². The summed E-state index contributed by atoms with van der Waals surface area (Å²) in [5.41, 5.74) is 1.44. The maximum atomic E-state index is 13.9. The van der Waals surface area contributed by atoms with Crippen molar-refractivity contribution < 1.29 is 19.2 Å². The Bertz CT molecular complexity index is 1390. The van der Waals surface area contributed by atoms with Crippen molar-refractivity contribution in [3.8, 4) is 0 Å². The van der Waals surface area contributed by atoms with E-state index in [9.17, 15) is 19.2 Å². The van der Waals surface area contributed by atoms with Gasteiger partial charge in [0.05, 0.1) is 0 Å². The predicted molar refractivity (Wildman–Crippen MR) is 140 cm³/mol. The van der Waals surface area contributed by atoms with E-state index in [4.69, 9.17) is 0 Å². The lowest BCUT2D eigenvalue weighted by atomic mass is 9.92. The summed E-state index contributed by atoms with van der Waals surface area (Å²) in [5.74, 6) is -1.54. The van der Waals surface area contributed by atoms with Gasteiger partial charge in [0.15, 0.2) is 11.6 Å². The van der Waals surface area contributed by atoms with E-state index in [1.165, 1.54) is 34.6 Å². The maximum Gasteiger partial charge on any atom is 0.255 e. The van der Waals surface area contributed by atoms with Crippen molar-refractivity contribution in [3.05, 3.63) is 132 Å². The monoisotopic (exact) mass is 504 g/mol. The number of Topliss-reactive ketones (excluding diaryl/α,β-unsaturated/α-hetero) is 2. The molecule has 5 rings (SSSR count). The molecule has 4 aromatic rings. The fourth-order valence-corrected chi connectivity index (χ4v) is 4.66. The molecule has 8 nitrogen and oxygen atoms in total. The minimum Gasteiger partial charge on any atom is -0.334 e. The Labute approximate surface area is 219 Å². The van der Waals surface area contributed by atoms with Gasteiger partial charge in [-0.2, -0.15) is 0 Å². The average molecular weight is 505 g/mol. The van der Waals surface area contributed by atoms with E-state index in [0.717, 1.165) is 0 Å². The van der Waals surface area contributed by atoms with Gasteiger partial charge in [0.25, 0.3) is 11.8 Å². The number of pyridine rings is 2. The molecule has 188 valence electrons. The number of carbonyl (C=O) groups is 4. The summed E-state index contributed by atoms with van der Waals surface area (Å²) in [6.45, 7) is -0.130. The Morgan fingerprint density at radius 2 is 0.921 bits per heavy atom. The van der Waals surface area contributed by atoms with Crippen molar-refractivity contribution in [2.24, 2.45) is 0 Å². The molecule has 2 aromatic heterocycles. The number of carbonyl (C=O) groups excluding carboxylic acids is 4. The van der Waals surface area contributed by atoms with E-state index in [0.29, 0.717) is 22.3 Å². The van der Waals surface area contributed by atoms with Gasteiger partial charge in [-0.1, -0.05) is 60.7 Å². The van der Waals surface area contributed by atoms with Crippen LogP contribution >= 0.6 is 0 Å². The highest BCUT2D eigenvalue weighted by Crippen LogP contribution is 2.26. The van der Waals surface area contributed by atoms with Crippen molar-refractivity contribution in [1.82, 2.24) is 19.8 Å². The number of rotatable bonds is 6. The highest BCUT2D eigenvalue weighted by Gasteiger charge is 2.46. The third kappa shape index (κ3) is 4.97. The van der Waals surface area contributed by atoms with E-state index < -0.39 is 18.0 Å². The molecule has 0 aliphatic carbocycles. The third-order valence-electron chi connectivity index (χ3n) is 6.56. The average Bonchev–Trinajstić information content (AvgIpc) is 3.00. The molecule has 0 N–H and O–H groups in total. The molecule has 0 radical (unpaired) electrons. The summed E-state index contributed by atoms with van der Waals surface area (Å²) in [6, 6.07) is 21.2. The maximum absolute atomic E-state index is 13.9. The lowest BCUT2D eigenvalue weighted by Gasteiger charge is -2.45. The van der Waals surface area contributed by atoms with E-state index in [2.05, 4.69) is 9.97 Å². The Kier molecular flexibility index (Phi) is 7.13. The van der Waals surface area contributed by atoms with Crippen LogP contribution < -0.4 is 0 Å². The van der Waals surface area contributed by atoms with Crippen LogP contribution in [0.4, 0.5) is 0 Å². The second-order valence-corrected chi connectivity index (χ2v) is 8.89. The molecule has 38 heavy (non-hydrogen) atoms. The number of hydrogen-bond donors (Lipinski definition) is 0. The largest absolute Gasteiger partial charge is 0.334 e. The SMILES string of the molecule is O=C(c1ccccc1)C1CN(C(=O)c2ccncc2)CC(C(=O)c2ccccc2)N1C(=O)c1ccncc1. The molecule has 2 atom stereocenters. The molecule has 0 saturated carbocycles. The van der Waals surface area contributed by atoms with Crippen molar-refractivity contribution in [2.45, 2.75) is 12.1 Å². The van der Waals surface area contributed by atoms with Crippen LogP contribution in [0, 0.1) is 0 Å². The molecule has 8 heteroatoms. The quantitative estimate of drug-likeness (QED) is 0.372. The minimum atomic E-state index is -1.09. The molecule has 2 aromatic carbocycles. The van der Waals surface area contributed by atoms with Crippen molar-refractivity contribution >= 4 is 23.4 Å². The molecule has 1 fully saturated rings. The Hall–Kier alpha value is -4.98. The van der Waals surface area contributed by atoms with Gasteiger partial charge in [-0.3, -0.25) is 29.1 Å². The zero-order valence-corrected chi connectivity index (χ0v) is 20.4. The van der Waals surface area contributed by atoms with Gasteiger partial charge in [0.2, 0.25) is 0 Å². The van der Waals surface area contributed by atoms with Crippen LogP contribution in [0.15, 0.2) is 110 Å². The molecule has 2 unspecified atom stereocenters. The first-order chi connectivity index (χ1) is 18.5. The minimum absolute atomic E-state index is 0.0652. The van der Waals surface area contributed by atoms with E-state index >= 15 is 0 Å². The molecule has 0 bridgehead atoms. The molecule has 0 spiro atoms. The van der Waals surface area contributed by atoms with Gasteiger partial charge in [0.1, 0.15) is 12.1 Å². The fourth-order valence-electron chi connectivity index (χ4n) is 4.66. The van der Waals surface area contributed by atoms with Crippen molar-refractivity contribution in [3.63, 3.8) is 0 Å². The highest BCUT2D eigenvalue weighted by atomic mass is 16.2. The molecular formula is C30H24N4O4. The third-order valence-corrected chi connectivity index (χ3v) is 6.56. The van der Waals surface area contributed by atoms with Crippen LogP contribution in [0.25, 0.3) is 0 Å². The first-order valence-corrected chi connectivity index (χ1v) is 12.1. The Balaban J connectivity index is 1.62. The Morgan fingerprint density at radius 1 is 0.526 bits per heavy atom. The van der Waals surface area contributed by atoms with Gasteiger partial charge in [0, 0.05) is 60.1 Å². The zero-order valence-electron chi connectivity index (χ0n) is 20.4. The number of nitrogens with zero attached hydrogens (tertiary/aromatic N) is 4. The van der Waals surface area contributed by atoms with E-state index in [-0.39, 0.29) is 30.6 Å². The van der Waals surface area contributed by atoms with Crippen LogP contribution in [0.3, 0.4) is 0 Å². The van der Waals surface area contributed by atoms with Gasteiger partial charge in [-0.15, -0.1) is 0 Å². The normalized spacial score (nSPS) is 17.1. The second-order valence-electron chi connectivity index (χ2n) is 8.89. The van der Waals surface area contributed by atoms with Crippen LogP contribution in [0.2, 0.25) is 0 Å². The van der Waals surface area contributed by atoms with E-state index in [1.807, 2.05) is 0 Å². The summed E-state index contributed by atoms with van der Waals surface area (Å²) < 4.78 is 0. The Morgan fingerprint density at radius 3 is 1.34 bits per heavy atom. The smallest absolute Gasteiger partial charge is 0.255 e. The first kappa shape index (κ1) is 24.7. The number of hydrogen-bond acceptors (Lipinski definition) is 6. The summed E-state index contributed by atoms with van der Waals surface area (Å²) in [4.78, 5) is 66.0. The van der Waals surface area contributed by atoms with Gasteiger partial charge in [-0.05, 0) is 24.3 Å². The fraction of sp³-hybridized carbons (Fsp3) is 0.133. The second kappa shape index (κ2) is 11.0. The van der Waals surface area contributed by atoms with Crippen molar-refractivity contribution in [2.75, 3.05) is 13.1 Å². The van der Waals surface area contributed by atoms with Crippen LogP contribution in [-0.4, -0.2) is 68.3 Å². The van der Waals surface area contributed by atoms with Gasteiger partial charge < -0.3 is 9.80 Å². The van der Waals surface area contributed by atoms with Crippen LogP contribution in [-0.2, 0) is 0 Å². The van der Waals surface area contributed by atoms with Crippen LogP contribution in [0.5, 0.6) is 0 Å². The summed E-state index contributed by atoms with van der Waals surface area (Å²) in [5, 5.41) is 0. The molecule has 1 saturated heterocycles. The molecular weight excluding hydrogens is 480 g/mol. The summed E-state index contributed by atoms with van der Waals surface area (Å²) in [7, 11) is 0. The van der Waals surface area contributed by atoms with Crippen molar-refractivity contribution in [1.29, 1.82) is 0 Å². The predicted octanol–water partition coefficient (Wildman–Crippen LogP) is 3.58.